The monoisotopic (exact) mass is 326 g/mol. The van der Waals surface area contributed by atoms with Gasteiger partial charge in [-0.15, -0.1) is 0 Å². The van der Waals surface area contributed by atoms with Crippen molar-refractivity contribution in [3.05, 3.63) is 28.2 Å². The van der Waals surface area contributed by atoms with Gasteiger partial charge in [0, 0.05) is 25.2 Å². The number of phenolic OH excluding ortho intramolecular Hbond substituents is 1. The lowest BCUT2D eigenvalue weighted by Gasteiger charge is -2.26. The van der Waals surface area contributed by atoms with Gasteiger partial charge < -0.3 is 14.9 Å². The van der Waals surface area contributed by atoms with Gasteiger partial charge in [0.15, 0.2) is 0 Å². The van der Waals surface area contributed by atoms with Crippen LogP contribution in [0.2, 0.25) is 0 Å². The number of amides is 1. The second kappa shape index (κ2) is 5.92. The summed E-state index contributed by atoms with van der Waals surface area (Å²) >= 11 is 3.21. The molecule has 0 radical (unpaired) electrons. The van der Waals surface area contributed by atoms with Crippen LogP contribution in [0.25, 0.3) is 0 Å². The molecule has 0 spiro atoms. The Morgan fingerprint density at radius 2 is 2.32 bits per heavy atom. The minimum atomic E-state index is -0.0527. The number of carbonyl (C=O) groups is 1. The molecule has 1 N–H and O–H groups in total. The van der Waals surface area contributed by atoms with Gasteiger partial charge in [0.25, 0.3) is 5.91 Å². The molecule has 1 unspecified atom stereocenters. The van der Waals surface area contributed by atoms with E-state index in [-0.39, 0.29) is 11.7 Å². The van der Waals surface area contributed by atoms with Crippen molar-refractivity contribution in [2.75, 3.05) is 27.2 Å². The standard InChI is InChI=1S/C14H19BrN2O2/c1-16-7-3-4-11(16)9-17(2)14(19)10-5-6-12(15)13(18)8-10/h5-6,8,11,18H,3-4,7,9H2,1-2H3. The summed E-state index contributed by atoms with van der Waals surface area (Å²) < 4.78 is 0.599. The summed E-state index contributed by atoms with van der Waals surface area (Å²) in [7, 11) is 3.91. The predicted octanol–water partition coefficient (Wildman–Crippen LogP) is 2.32. The van der Waals surface area contributed by atoms with E-state index >= 15 is 0 Å². The van der Waals surface area contributed by atoms with E-state index in [1.807, 2.05) is 7.05 Å². The van der Waals surface area contributed by atoms with Crippen molar-refractivity contribution in [2.24, 2.45) is 0 Å². The minimum absolute atomic E-state index is 0.0527. The van der Waals surface area contributed by atoms with Gasteiger partial charge >= 0.3 is 0 Å². The predicted molar refractivity (Wildman–Crippen MR) is 78.4 cm³/mol. The van der Waals surface area contributed by atoms with Crippen LogP contribution in [0.15, 0.2) is 22.7 Å². The van der Waals surface area contributed by atoms with E-state index in [2.05, 4.69) is 27.9 Å². The maximum absolute atomic E-state index is 12.3. The molecule has 1 fully saturated rings. The first-order chi connectivity index (χ1) is 8.99. The topological polar surface area (TPSA) is 43.8 Å². The van der Waals surface area contributed by atoms with Crippen LogP contribution in [0.1, 0.15) is 23.2 Å². The number of phenols is 1. The van der Waals surface area contributed by atoms with Crippen molar-refractivity contribution >= 4 is 21.8 Å². The fraction of sp³-hybridized carbons (Fsp3) is 0.500. The molecule has 1 saturated heterocycles. The molecule has 19 heavy (non-hydrogen) atoms. The summed E-state index contributed by atoms with van der Waals surface area (Å²) in [5.74, 6) is 0.0420. The molecule has 0 aromatic heterocycles. The van der Waals surface area contributed by atoms with Crippen LogP contribution < -0.4 is 0 Å². The Labute approximate surface area is 122 Å². The molecule has 4 nitrogen and oxygen atoms in total. The number of nitrogens with zero attached hydrogens (tertiary/aromatic N) is 2. The van der Waals surface area contributed by atoms with Gasteiger partial charge in [-0.05, 0) is 60.6 Å². The molecule has 2 rings (SSSR count). The zero-order valence-corrected chi connectivity index (χ0v) is 12.9. The van der Waals surface area contributed by atoms with Gasteiger partial charge in [-0.1, -0.05) is 0 Å². The maximum Gasteiger partial charge on any atom is 0.253 e. The van der Waals surface area contributed by atoms with Crippen molar-refractivity contribution in [1.82, 2.24) is 9.80 Å². The highest BCUT2D eigenvalue weighted by molar-refractivity contribution is 9.10. The number of carbonyl (C=O) groups excluding carboxylic acids is 1. The lowest BCUT2D eigenvalue weighted by atomic mass is 10.1. The summed E-state index contributed by atoms with van der Waals surface area (Å²) in [4.78, 5) is 16.3. The molecule has 1 aromatic carbocycles. The minimum Gasteiger partial charge on any atom is -0.507 e. The fourth-order valence-corrected chi connectivity index (χ4v) is 2.72. The summed E-state index contributed by atoms with van der Waals surface area (Å²) in [5, 5.41) is 9.63. The summed E-state index contributed by atoms with van der Waals surface area (Å²) in [5.41, 5.74) is 0.517. The van der Waals surface area contributed by atoms with Gasteiger partial charge in [-0.3, -0.25) is 4.79 Å². The van der Waals surface area contributed by atoms with Crippen LogP contribution in [0.4, 0.5) is 0 Å². The van der Waals surface area contributed by atoms with Crippen LogP contribution >= 0.6 is 15.9 Å². The highest BCUT2D eigenvalue weighted by atomic mass is 79.9. The number of likely N-dealkylation sites (N-methyl/N-ethyl adjacent to an activating group) is 2. The van der Waals surface area contributed by atoms with Crippen LogP contribution in [0.3, 0.4) is 0 Å². The number of likely N-dealkylation sites (tertiary alicyclic amines) is 1. The summed E-state index contributed by atoms with van der Waals surface area (Å²) in [6.07, 6.45) is 2.34. The van der Waals surface area contributed by atoms with E-state index in [0.717, 1.165) is 19.5 Å². The van der Waals surface area contributed by atoms with Crippen LogP contribution in [0.5, 0.6) is 5.75 Å². The van der Waals surface area contributed by atoms with Gasteiger partial charge in [0.05, 0.1) is 4.47 Å². The Balaban J connectivity index is 2.03. The SMILES string of the molecule is CN(CC1CCCN1C)C(=O)c1ccc(Br)c(O)c1. The van der Waals surface area contributed by atoms with E-state index in [1.165, 1.54) is 12.5 Å². The van der Waals surface area contributed by atoms with Gasteiger partial charge in [0.2, 0.25) is 0 Å². The van der Waals surface area contributed by atoms with Gasteiger partial charge in [0.1, 0.15) is 5.75 Å². The first-order valence-corrected chi connectivity index (χ1v) is 7.22. The fourth-order valence-electron chi connectivity index (χ4n) is 2.48. The average molecular weight is 327 g/mol. The molecule has 1 atom stereocenters. The van der Waals surface area contributed by atoms with Crippen molar-refractivity contribution in [3.63, 3.8) is 0 Å². The molecule has 1 amide bonds. The number of rotatable bonds is 3. The molecule has 1 heterocycles. The van der Waals surface area contributed by atoms with Crippen molar-refractivity contribution in [2.45, 2.75) is 18.9 Å². The molecular weight excluding hydrogens is 308 g/mol. The van der Waals surface area contributed by atoms with Gasteiger partial charge in [-0.2, -0.15) is 0 Å². The van der Waals surface area contributed by atoms with Crippen molar-refractivity contribution in [1.29, 1.82) is 0 Å². The molecule has 0 bridgehead atoms. The number of benzene rings is 1. The van der Waals surface area contributed by atoms with E-state index < -0.39 is 0 Å². The first kappa shape index (κ1) is 14.3. The second-order valence-electron chi connectivity index (χ2n) is 5.13. The number of hydrogen-bond acceptors (Lipinski definition) is 3. The third-order valence-electron chi connectivity index (χ3n) is 3.70. The Morgan fingerprint density at radius 1 is 1.58 bits per heavy atom. The molecule has 1 aromatic rings. The van der Waals surface area contributed by atoms with E-state index in [1.54, 1.807) is 17.0 Å². The number of halogens is 1. The number of hydrogen-bond donors (Lipinski definition) is 1. The number of aromatic hydroxyl groups is 1. The molecule has 5 heteroatoms. The summed E-state index contributed by atoms with van der Waals surface area (Å²) in [6.45, 7) is 1.83. The Bertz CT molecular complexity index is 479. The maximum atomic E-state index is 12.3. The molecule has 0 aliphatic carbocycles. The van der Waals surface area contributed by atoms with E-state index in [4.69, 9.17) is 0 Å². The van der Waals surface area contributed by atoms with Crippen molar-refractivity contribution < 1.29 is 9.90 Å². The lowest BCUT2D eigenvalue weighted by molar-refractivity contribution is 0.0761. The smallest absolute Gasteiger partial charge is 0.253 e. The lowest BCUT2D eigenvalue weighted by Crippen LogP contribution is -2.39. The third kappa shape index (κ3) is 3.28. The highest BCUT2D eigenvalue weighted by Gasteiger charge is 2.24. The normalized spacial score (nSPS) is 19.6. The van der Waals surface area contributed by atoms with Crippen LogP contribution in [0, 0.1) is 0 Å². The summed E-state index contributed by atoms with van der Waals surface area (Å²) in [6, 6.07) is 5.36. The first-order valence-electron chi connectivity index (χ1n) is 6.43. The Kier molecular flexibility index (Phi) is 4.47. The van der Waals surface area contributed by atoms with Crippen molar-refractivity contribution in [3.8, 4) is 5.75 Å². The quantitative estimate of drug-likeness (QED) is 0.927. The molecule has 104 valence electrons. The van der Waals surface area contributed by atoms with Crippen LogP contribution in [-0.2, 0) is 0 Å². The average Bonchev–Trinajstić information content (AvgIpc) is 2.77. The zero-order valence-electron chi connectivity index (χ0n) is 11.3. The van der Waals surface area contributed by atoms with E-state index in [0.29, 0.717) is 16.1 Å². The Hall–Kier alpha value is -1.07. The highest BCUT2D eigenvalue weighted by Crippen LogP contribution is 2.25. The molecule has 1 aliphatic heterocycles. The third-order valence-corrected chi connectivity index (χ3v) is 4.37. The molecule has 0 saturated carbocycles. The second-order valence-corrected chi connectivity index (χ2v) is 5.98. The molecular formula is C14H19BrN2O2. The zero-order chi connectivity index (χ0) is 14.0. The van der Waals surface area contributed by atoms with Crippen LogP contribution in [-0.4, -0.2) is 54.0 Å². The van der Waals surface area contributed by atoms with Gasteiger partial charge in [-0.25, -0.2) is 0 Å². The molecule has 1 aliphatic rings. The Morgan fingerprint density at radius 3 is 2.89 bits per heavy atom. The largest absolute Gasteiger partial charge is 0.507 e. The van der Waals surface area contributed by atoms with E-state index in [9.17, 15) is 9.90 Å².